The maximum atomic E-state index is 11.1. The van der Waals surface area contributed by atoms with E-state index in [1.807, 2.05) is 0 Å². The fraction of sp³-hybridized carbons (Fsp3) is 0.533. The van der Waals surface area contributed by atoms with Crippen LogP contribution in [0.25, 0.3) is 0 Å². The zero-order chi connectivity index (χ0) is 12.5. The van der Waals surface area contributed by atoms with Gasteiger partial charge in [0.1, 0.15) is 0 Å². The van der Waals surface area contributed by atoms with E-state index in [-0.39, 0.29) is 5.91 Å². The van der Waals surface area contributed by atoms with Crippen LogP contribution in [0, 0.1) is 6.92 Å². The van der Waals surface area contributed by atoms with E-state index in [1.54, 1.807) is 0 Å². The highest BCUT2D eigenvalue weighted by Gasteiger charge is 2.26. The standard InChI is InChI=1S/C15H20N2O/c1-10-2-3-11-4-6-14(13(11)8-10)17-12-5-7-15(18)16-9-12/h2-3,8,12,14,17H,4-7,9H2,1H3,(H,16,18). The number of hydrogen-bond donors (Lipinski definition) is 2. The minimum atomic E-state index is 0.190. The lowest BCUT2D eigenvalue weighted by Crippen LogP contribution is -2.46. The van der Waals surface area contributed by atoms with Crippen molar-refractivity contribution in [1.29, 1.82) is 0 Å². The number of carbonyl (C=O) groups is 1. The molecule has 0 spiro atoms. The summed E-state index contributed by atoms with van der Waals surface area (Å²) in [5, 5.41) is 6.65. The number of aryl methyl sites for hydroxylation is 2. The Bertz CT molecular complexity index is 460. The minimum Gasteiger partial charge on any atom is -0.355 e. The van der Waals surface area contributed by atoms with E-state index < -0.39 is 0 Å². The Labute approximate surface area is 108 Å². The Kier molecular flexibility index (Phi) is 3.08. The lowest BCUT2D eigenvalue weighted by molar-refractivity contribution is -0.122. The highest BCUT2D eigenvalue weighted by Crippen LogP contribution is 2.32. The summed E-state index contributed by atoms with van der Waals surface area (Å²) in [7, 11) is 0. The first-order valence-electron chi connectivity index (χ1n) is 6.84. The third kappa shape index (κ3) is 2.27. The van der Waals surface area contributed by atoms with Crippen LogP contribution in [0.3, 0.4) is 0 Å². The first kappa shape index (κ1) is 11.7. The minimum absolute atomic E-state index is 0.190. The molecule has 3 heteroatoms. The molecule has 1 aliphatic carbocycles. The third-order valence-electron chi connectivity index (χ3n) is 4.08. The molecule has 1 aromatic rings. The van der Waals surface area contributed by atoms with E-state index in [0.717, 1.165) is 13.0 Å². The van der Waals surface area contributed by atoms with Crippen molar-refractivity contribution in [1.82, 2.24) is 10.6 Å². The summed E-state index contributed by atoms with van der Waals surface area (Å²) in [6, 6.07) is 7.66. The summed E-state index contributed by atoms with van der Waals surface area (Å²) >= 11 is 0. The summed E-state index contributed by atoms with van der Waals surface area (Å²) < 4.78 is 0. The smallest absolute Gasteiger partial charge is 0.220 e. The number of piperidine rings is 1. The molecule has 2 atom stereocenters. The van der Waals surface area contributed by atoms with Crippen LogP contribution < -0.4 is 10.6 Å². The zero-order valence-corrected chi connectivity index (χ0v) is 10.8. The summed E-state index contributed by atoms with van der Waals surface area (Å²) in [6.07, 6.45) is 3.98. The van der Waals surface area contributed by atoms with Crippen molar-refractivity contribution in [3.05, 3.63) is 34.9 Å². The maximum absolute atomic E-state index is 11.1. The van der Waals surface area contributed by atoms with Gasteiger partial charge in [-0.2, -0.15) is 0 Å². The van der Waals surface area contributed by atoms with Gasteiger partial charge in [0, 0.05) is 25.0 Å². The second-order valence-electron chi connectivity index (χ2n) is 5.50. The second-order valence-corrected chi connectivity index (χ2v) is 5.50. The van der Waals surface area contributed by atoms with Crippen LogP contribution in [-0.4, -0.2) is 18.5 Å². The molecule has 2 aliphatic rings. The molecule has 1 heterocycles. The van der Waals surface area contributed by atoms with Crippen LogP contribution in [-0.2, 0) is 11.2 Å². The predicted octanol–water partition coefficient (Wildman–Crippen LogP) is 1.85. The number of hydrogen-bond acceptors (Lipinski definition) is 2. The zero-order valence-electron chi connectivity index (χ0n) is 10.8. The van der Waals surface area contributed by atoms with Crippen LogP contribution in [0.5, 0.6) is 0 Å². The topological polar surface area (TPSA) is 41.1 Å². The average molecular weight is 244 g/mol. The van der Waals surface area contributed by atoms with Crippen LogP contribution in [0.15, 0.2) is 18.2 Å². The summed E-state index contributed by atoms with van der Waals surface area (Å²) in [5.41, 5.74) is 4.28. The maximum Gasteiger partial charge on any atom is 0.220 e. The largest absolute Gasteiger partial charge is 0.355 e. The molecule has 2 unspecified atom stereocenters. The van der Waals surface area contributed by atoms with Crippen molar-refractivity contribution in [3.8, 4) is 0 Å². The molecule has 96 valence electrons. The van der Waals surface area contributed by atoms with Gasteiger partial charge >= 0.3 is 0 Å². The SMILES string of the molecule is Cc1ccc2c(c1)C(NC1CCC(=O)NC1)CC2. The van der Waals surface area contributed by atoms with E-state index in [1.165, 1.54) is 29.5 Å². The van der Waals surface area contributed by atoms with Crippen molar-refractivity contribution in [2.24, 2.45) is 0 Å². The van der Waals surface area contributed by atoms with Crippen LogP contribution in [0.2, 0.25) is 0 Å². The van der Waals surface area contributed by atoms with Gasteiger partial charge in [-0.25, -0.2) is 0 Å². The molecule has 1 aromatic carbocycles. The van der Waals surface area contributed by atoms with E-state index in [2.05, 4.69) is 35.8 Å². The molecule has 1 amide bonds. The van der Waals surface area contributed by atoms with Crippen molar-refractivity contribution in [2.45, 2.75) is 44.7 Å². The Hall–Kier alpha value is -1.35. The van der Waals surface area contributed by atoms with Gasteiger partial charge in [0.15, 0.2) is 0 Å². The second kappa shape index (κ2) is 4.73. The van der Waals surface area contributed by atoms with Gasteiger partial charge in [0.05, 0.1) is 0 Å². The molecule has 18 heavy (non-hydrogen) atoms. The molecule has 0 saturated carbocycles. The number of rotatable bonds is 2. The monoisotopic (exact) mass is 244 g/mol. The van der Waals surface area contributed by atoms with Crippen molar-refractivity contribution in [3.63, 3.8) is 0 Å². The molecular formula is C15H20N2O. The molecule has 2 N–H and O–H groups in total. The van der Waals surface area contributed by atoms with E-state index in [9.17, 15) is 4.79 Å². The molecule has 1 aliphatic heterocycles. The number of benzene rings is 1. The third-order valence-corrected chi connectivity index (χ3v) is 4.08. The number of fused-ring (bicyclic) bond motifs is 1. The molecule has 1 fully saturated rings. The molecule has 3 rings (SSSR count). The molecule has 0 bridgehead atoms. The van der Waals surface area contributed by atoms with Gasteiger partial charge < -0.3 is 10.6 Å². The van der Waals surface area contributed by atoms with E-state index in [4.69, 9.17) is 0 Å². The quantitative estimate of drug-likeness (QED) is 0.833. The fourth-order valence-corrected chi connectivity index (χ4v) is 3.05. The molecule has 3 nitrogen and oxygen atoms in total. The average Bonchev–Trinajstić information content (AvgIpc) is 2.75. The number of nitrogens with one attached hydrogen (secondary N) is 2. The summed E-state index contributed by atoms with van der Waals surface area (Å²) in [4.78, 5) is 11.1. The highest BCUT2D eigenvalue weighted by atomic mass is 16.1. The first-order chi connectivity index (χ1) is 8.72. The van der Waals surface area contributed by atoms with Gasteiger partial charge in [-0.15, -0.1) is 0 Å². The van der Waals surface area contributed by atoms with Crippen LogP contribution in [0.1, 0.15) is 42.0 Å². The van der Waals surface area contributed by atoms with E-state index >= 15 is 0 Å². The van der Waals surface area contributed by atoms with Crippen molar-refractivity contribution >= 4 is 5.91 Å². The Morgan fingerprint density at radius 1 is 1.28 bits per heavy atom. The number of amides is 1. The number of carbonyl (C=O) groups excluding carboxylic acids is 1. The summed E-state index contributed by atoms with van der Waals surface area (Å²) in [6.45, 7) is 2.92. The molecule has 1 saturated heterocycles. The normalized spacial score (nSPS) is 26.8. The summed E-state index contributed by atoms with van der Waals surface area (Å²) in [5.74, 6) is 0.190. The van der Waals surface area contributed by atoms with Gasteiger partial charge in [-0.1, -0.05) is 23.8 Å². The first-order valence-corrected chi connectivity index (χ1v) is 6.84. The lowest BCUT2D eigenvalue weighted by atomic mass is 10.0. The van der Waals surface area contributed by atoms with Gasteiger partial charge in [-0.3, -0.25) is 4.79 Å². The van der Waals surface area contributed by atoms with Gasteiger partial charge in [0.25, 0.3) is 0 Å². The Balaban J connectivity index is 1.69. The van der Waals surface area contributed by atoms with Crippen LogP contribution >= 0.6 is 0 Å². The lowest BCUT2D eigenvalue weighted by Gasteiger charge is -2.27. The van der Waals surface area contributed by atoms with Gasteiger partial charge in [-0.05, 0) is 37.3 Å². The Morgan fingerprint density at radius 3 is 2.94 bits per heavy atom. The van der Waals surface area contributed by atoms with E-state index in [0.29, 0.717) is 18.5 Å². The Morgan fingerprint density at radius 2 is 2.17 bits per heavy atom. The highest BCUT2D eigenvalue weighted by molar-refractivity contribution is 5.76. The molecular weight excluding hydrogens is 224 g/mol. The molecule has 0 radical (unpaired) electrons. The predicted molar refractivity (Wildman–Crippen MR) is 71.4 cm³/mol. The fourth-order valence-electron chi connectivity index (χ4n) is 3.05. The van der Waals surface area contributed by atoms with Gasteiger partial charge in [0.2, 0.25) is 5.91 Å². The van der Waals surface area contributed by atoms with Crippen LogP contribution in [0.4, 0.5) is 0 Å². The van der Waals surface area contributed by atoms with Crippen molar-refractivity contribution < 1.29 is 4.79 Å². The molecule has 0 aromatic heterocycles. The van der Waals surface area contributed by atoms with Crippen molar-refractivity contribution in [2.75, 3.05) is 6.54 Å².